The Kier molecular flexibility index (Phi) is 2.81. The van der Waals surface area contributed by atoms with Crippen LogP contribution in [0.2, 0.25) is 5.02 Å². The smallest absolute Gasteiger partial charge is 0.404 e. The molecule has 1 heterocycles. The maximum Gasteiger partial charge on any atom is 0.573 e. The zero-order chi connectivity index (χ0) is 10.8. The Bertz CT molecular complexity index is 386. The van der Waals surface area contributed by atoms with Crippen molar-refractivity contribution in [2.75, 3.05) is 0 Å². The van der Waals surface area contributed by atoms with E-state index in [0.717, 1.165) is 12.3 Å². The fourth-order valence-corrected chi connectivity index (χ4v) is 0.891. The van der Waals surface area contributed by atoms with Gasteiger partial charge in [-0.2, -0.15) is 5.26 Å². The van der Waals surface area contributed by atoms with Gasteiger partial charge >= 0.3 is 6.36 Å². The monoisotopic (exact) mass is 222 g/mol. The van der Waals surface area contributed by atoms with E-state index >= 15 is 0 Å². The van der Waals surface area contributed by atoms with E-state index in [1.165, 1.54) is 0 Å². The molecule has 7 heteroatoms. The van der Waals surface area contributed by atoms with Crippen molar-refractivity contribution in [3.8, 4) is 11.8 Å². The summed E-state index contributed by atoms with van der Waals surface area (Å²) in [6, 6.07) is 2.48. The maximum absolute atomic E-state index is 11.7. The summed E-state index contributed by atoms with van der Waals surface area (Å²) in [5, 5.41) is 8.20. The molecule has 0 fully saturated rings. The first-order valence-electron chi connectivity index (χ1n) is 3.24. The van der Waals surface area contributed by atoms with E-state index in [2.05, 4.69) is 9.72 Å². The SMILES string of the molecule is N#Cc1ncc(OC(F)(F)F)cc1Cl. The van der Waals surface area contributed by atoms with Gasteiger partial charge in [-0.25, -0.2) is 4.98 Å². The number of hydrogen-bond donors (Lipinski definition) is 0. The Morgan fingerprint density at radius 3 is 2.57 bits per heavy atom. The lowest BCUT2D eigenvalue weighted by Crippen LogP contribution is -2.17. The lowest BCUT2D eigenvalue weighted by atomic mass is 10.3. The summed E-state index contributed by atoms with van der Waals surface area (Å²) in [4.78, 5) is 3.36. The number of ether oxygens (including phenoxy) is 1. The molecule has 3 nitrogen and oxygen atoms in total. The molecule has 0 radical (unpaired) electrons. The molecule has 0 aromatic carbocycles. The van der Waals surface area contributed by atoms with Crippen LogP contribution in [0.4, 0.5) is 13.2 Å². The quantitative estimate of drug-likeness (QED) is 0.733. The highest BCUT2D eigenvalue weighted by Crippen LogP contribution is 2.25. The van der Waals surface area contributed by atoms with Gasteiger partial charge in [0.2, 0.25) is 0 Å². The van der Waals surface area contributed by atoms with Crippen molar-refractivity contribution in [1.82, 2.24) is 4.98 Å². The summed E-state index contributed by atoms with van der Waals surface area (Å²) in [7, 11) is 0. The van der Waals surface area contributed by atoms with E-state index in [1.807, 2.05) is 0 Å². The maximum atomic E-state index is 11.7. The van der Waals surface area contributed by atoms with Crippen LogP contribution in [0.5, 0.6) is 5.75 Å². The van der Waals surface area contributed by atoms with Crippen LogP contribution in [-0.4, -0.2) is 11.3 Å². The molecule has 74 valence electrons. The molecule has 0 aliphatic heterocycles. The average Bonchev–Trinajstić information content (AvgIpc) is 2.01. The molecule has 14 heavy (non-hydrogen) atoms. The third kappa shape index (κ3) is 2.78. The van der Waals surface area contributed by atoms with Gasteiger partial charge in [-0.15, -0.1) is 13.2 Å². The number of rotatable bonds is 1. The fraction of sp³-hybridized carbons (Fsp3) is 0.143. The molecule has 0 aliphatic rings. The molecule has 0 saturated carbocycles. The normalized spacial score (nSPS) is 10.8. The Morgan fingerprint density at radius 2 is 2.14 bits per heavy atom. The number of nitrogens with zero attached hydrogens (tertiary/aromatic N) is 2. The second-order valence-electron chi connectivity index (χ2n) is 2.16. The summed E-state index contributed by atoms with van der Waals surface area (Å²) in [6.07, 6.45) is -4.02. The Morgan fingerprint density at radius 1 is 1.50 bits per heavy atom. The predicted molar refractivity (Wildman–Crippen MR) is 40.6 cm³/mol. The molecule has 1 rings (SSSR count). The summed E-state index contributed by atoms with van der Waals surface area (Å²) in [5.41, 5.74) is -0.152. The van der Waals surface area contributed by atoms with Crippen LogP contribution in [0.25, 0.3) is 0 Å². The molecule has 0 amide bonds. The van der Waals surface area contributed by atoms with Gasteiger partial charge < -0.3 is 4.74 Å². The van der Waals surface area contributed by atoms with Gasteiger partial charge in [-0.3, -0.25) is 0 Å². The van der Waals surface area contributed by atoms with Crippen LogP contribution in [0.1, 0.15) is 5.69 Å². The molecular formula is C7H2ClF3N2O. The Hall–Kier alpha value is -1.48. The van der Waals surface area contributed by atoms with Gasteiger partial charge in [0, 0.05) is 6.07 Å². The Balaban J connectivity index is 2.94. The van der Waals surface area contributed by atoms with E-state index in [0.29, 0.717) is 0 Å². The first kappa shape index (κ1) is 10.6. The van der Waals surface area contributed by atoms with Crippen molar-refractivity contribution in [2.24, 2.45) is 0 Å². The number of nitriles is 1. The largest absolute Gasteiger partial charge is 0.573 e. The van der Waals surface area contributed by atoms with Crippen molar-refractivity contribution in [3.05, 3.63) is 23.0 Å². The van der Waals surface area contributed by atoms with Crippen LogP contribution in [0, 0.1) is 11.3 Å². The fourth-order valence-electron chi connectivity index (χ4n) is 0.692. The molecular weight excluding hydrogens is 221 g/mol. The van der Waals surface area contributed by atoms with Crippen LogP contribution in [0.15, 0.2) is 12.3 Å². The zero-order valence-electron chi connectivity index (χ0n) is 6.47. The van der Waals surface area contributed by atoms with Crippen molar-refractivity contribution >= 4 is 11.6 Å². The van der Waals surface area contributed by atoms with E-state index in [9.17, 15) is 13.2 Å². The number of alkyl halides is 3. The van der Waals surface area contributed by atoms with Crippen molar-refractivity contribution in [3.63, 3.8) is 0 Å². The molecule has 1 aromatic heterocycles. The van der Waals surface area contributed by atoms with Gasteiger partial charge in [0.1, 0.15) is 11.8 Å². The summed E-state index contributed by atoms with van der Waals surface area (Å²) in [6.45, 7) is 0. The standard InChI is InChI=1S/C7H2ClF3N2O/c8-5-1-4(14-7(9,10)11)3-13-6(5)2-12/h1,3H. The highest BCUT2D eigenvalue weighted by molar-refractivity contribution is 6.31. The van der Waals surface area contributed by atoms with E-state index in [1.54, 1.807) is 6.07 Å². The molecule has 0 spiro atoms. The van der Waals surface area contributed by atoms with Gasteiger partial charge in [-0.1, -0.05) is 11.6 Å². The first-order chi connectivity index (χ1) is 6.42. The molecule has 0 N–H and O–H groups in total. The summed E-state index contributed by atoms with van der Waals surface area (Å²) >= 11 is 5.43. The lowest BCUT2D eigenvalue weighted by molar-refractivity contribution is -0.274. The van der Waals surface area contributed by atoms with Gasteiger partial charge in [0.25, 0.3) is 0 Å². The third-order valence-electron chi connectivity index (χ3n) is 1.16. The molecule has 0 bridgehead atoms. The van der Waals surface area contributed by atoms with Crippen molar-refractivity contribution in [2.45, 2.75) is 6.36 Å². The highest BCUT2D eigenvalue weighted by Gasteiger charge is 2.31. The van der Waals surface area contributed by atoms with Gasteiger partial charge in [0.15, 0.2) is 5.69 Å². The second kappa shape index (κ2) is 3.72. The molecule has 1 aromatic rings. The first-order valence-corrected chi connectivity index (χ1v) is 3.61. The predicted octanol–water partition coefficient (Wildman–Crippen LogP) is 2.51. The second-order valence-corrected chi connectivity index (χ2v) is 2.57. The summed E-state index contributed by atoms with van der Waals surface area (Å²) in [5.74, 6) is -0.554. The van der Waals surface area contributed by atoms with Crippen LogP contribution in [-0.2, 0) is 0 Å². The van der Waals surface area contributed by atoms with E-state index < -0.39 is 12.1 Å². The number of pyridine rings is 1. The molecule has 0 saturated heterocycles. The minimum absolute atomic E-state index is 0.152. The summed E-state index contributed by atoms with van der Waals surface area (Å²) < 4.78 is 38.6. The van der Waals surface area contributed by atoms with Gasteiger partial charge in [0.05, 0.1) is 11.2 Å². The topological polar surface area (TPSA) is 45.9 Å². The lowest BCUT2D eigenvalue weighted by Gasteiger charge is -2.08. The minimum Gasteiger partial charge on any atom is -0.404 e. The minimum atomic E-state index is -4.79. The van der Waals surface area contributed by atoms with E-state index in [-0.39, 0.29) is 10.7 Å². The highest BCUT2D eigenvalue weighted by atomic mass is 35.5. The van der Waals surface area contributed by atoms with Crippen LogP contribution in [0.3, 0.4) is 0 Å². The van der Waals surface area contributed by atoms with Crippen LogP contribution < -0.4 is 4.74 Å². The van der Waals surface area contributed by atoms with Gasteiger partial charge in [-0.05, 0) is 0 Å². The molecule has 0 atom stereocenters. The third-order valence-corrected chi connectivity index (χ3v) is 1.44. The van der Waals surface area contributed by atoms with Crippen molar-refractivity contribution in [1.29, 1.82) is 5.26 Å². The number of halogens is 4. The zero-order valence-corrected chi connectivity index (χ0v) is 7.23. The molecule has 0 unspecified atom stereocenters. The average molecular weight is 223 g/mol. The number of hydrogen-bond acceptors (Lipinski definition) is 3. The van der Waals surface area contributed by atoms with Crippen molar-refractivity contribution < 1.29 is 17.9 Å². The number of aromatic nitrogens is 1. The van der Waals surface area contributed by atoms with E-state index in [4.69, 9.17) is 16.9 Å². The molecule has 0 aliphatic carbocycles. The Labute approximate surface area is 81.7 Å². The van der Waals surface area contributed by atoms with Crippen LogP contribution >= 0.6 is 11.6 Å².